The minimum absolute atomic E-state index is 0.143. The highest BCUT2D eigenvalue weighted by Gasteiger charge is 2.38. The minimum atomic E-state index is -4.68. The van der Waals surface area contributed by atoms with Crippen molar-refractivity contribution in [2.45, 2.75) is 12.7 Å². The Morgan fingerprint density at radius 1 is 1.10 bits per heavy atom. The van der Waals surface area contributed by atoms with Crippen LogP contribution < -0.4 is 16.3 Å². The highest BCUT2D eigenvalue weighted by molar-refractivity contribution is 5.54. The summed E-state index contributed by atoms with van der Waals surface area (Å²) >= 11 is 0. The van der Waals surface area contributed by atoms with Crippen LogP contribution >= 0.6 is 0 Å². The van der Waals surface area contributed by atoms with Gasteiger partial charge in [0.1, 0.15) is 12.4 Å². The van der Waals surface area contributed by atoms with E-state index in [0.717, 1.165) is 5.56 Å². The van der Waals surface area contributed by atoms with Crippen molar-refractivity contribution in [3.8, 4) is 17.1 Å². The van der Waals surface area contributed by atoms with E-state index in [1.165, 1.54) is 5.01 Å². The number of aromatic nitrogens is 2. The van der Waals surface area contributed by atoms with Crippen molar-refractivity contribution in [2.75, 3.05) is 6.61 Å². The van der Waals surface area contributed by atoms with Gasteiger partial charge in [0.05, 0.1) is 12.2 Å². The SMILES string of the molecule is N/C(=C\N(N)Cc1ccc(-c2noc(C(F)(F)F)n2)cc1)COc1ccccc1. The summed E-state index contributed by atoms with van der Waals surface area (Å²) in [6.45, 7) is 0.502. The lowest BCUT2D eigenvalue weighted by Crippen LogP contribution is -2.27. The van der Waals surface area contributed by atoms with Crippen LogP contribution in [0.2, 0.25) is 0 Å². The summed E-state index contributed by atoms with van der Waals surface area (Å²) in [4.78, 5) is 3.35. The smallest absolute Gasteiger partial charge is 0.471 e. The molecule has 0 aliphatic carbocycles. The zero-order valence-corrected chi connectivity index (χ0v) is 15.1. The van der Waals surface area contributed by atoms with E-state index in [9.17, 15) is 13.2 Å². The van der Waals surface area contributed by atoms with Gasteiger partial charge >= 0.3 is 12.1 Å². The van der Waals surface area contributed by atoms with Crippen molar-refractivity contribution < 1.29 is 22.4 Å². The molecule has 152 valence electrons. The van der Waals surface area contributed by atoms with Crippen molar-refractivity contribution in [2.24, 2.45) is 11.6 Å². The summed E-state index contributed by atoms with van der Waals surface area (Å²) in [5, 5.41) is 4.73. The molecule has 7 nitrogen and oxygen atoms in total. The first-order valence-corrected chi connectivity index (χ1v) is 8.47. The standard InChI is InChI=1S/C19H18F3N5O2/c20-19(21,22)18-25-17(26-29-18)14-8-6-13(7-9-14)10-27(24)11-15(23)12-28-16-4-2-1-3-5-16/h1-9,11H,10,12,23-24H2/b15-11-. The average Bonchev–Trinajstić information content (AvgIpc) is 3.18. The van der Waals surface area contributed by atoms with E-state index in [4.69, 9.17) is 16.3 Å². The lowest BCUT2D eigenvalue weighted by atomic mass is 10.1. The maximum atomic E-state index is 12.5. The van der Waals surface area contributed by atoms with Gasteiger partial charge in [-0.15, -0.1) is 0 Å². The summed E-state index contributed by atoms with van der Waals surface area (Å²) < 4.78 is 47.4. The van der Waals surface area contributed by atoms with E-state index in [1.807, 2.05) is 30.3 Å². The Bertz CT molecular complexity index is 956. The van der Waals surface area contributed by atoms with Crippen LogP contribution in [0.1, 0.15) is 11.5 Å². The summed E-state index contributed by atoms with van der Waals surface area (Å²) in [5.74, 6) is 5.10. The number of nitrogens with two attached hydrogens (primary N) is 2. The predicted molar refractivity (Wildman–Crippen MR) is 98.7 cm³/mol. The normalized spacial score (nSPS) is 12.1. The van der Waals surface area contributed by atoms with Crippen molar-refractivity contribution >= 4 is 0 Å². The molecule has 0 spiro atoms. The third kappa shape index (κ3) is 5.72. The van der Waals surface area contributed by atoms with Gasteiger partial charge in [-0.05, 0) is 17.7 Å². The number of alkyl halides is 3. The number of rotatable bonds is 7. The number of ether oxygens (including phenoxy) is 1. The maximum Gasteiger partial charge on any atom is 0.471 e. The molecule has 2 aromatic carbocycles. The van der Waals surface area contributed by atoms with E-state index < -0.39 is 12.1 Å². The summed E-state index contributed by atoms with van der Waals surface area (Å²) in [6.07, 6.45) is -3.13. The van der Waals surface area contributed by atoms with Gasteiger partial charge in [-0.2, -0.15) is 18.2 Å². The quantitative estimate of drug-likeness (QED) is 0.459. The predicted octanol–water partition coefficient (Wildman–Crippen LogP) is 3.31. The summed E-state index contributed by atoms with van der Waals surface area (Å²) in [6, 6.07) is 15.8. The second-order valence-electron chi connectivity index (χ2n) is 6.10. The fourth-order valence-electron chi connectivity index (χ4n) is 2.41. The van der Waals surface area contributed by atoms with Gasteiger partial charge < -0.3 is 20.0 Å². The molecule has 0 radical (unpaired) electrons. The Kier molecular flexibility index (Phi) is 6.03. The number of hydrogen-bond donors (Lipinski definition) is 2. The molecule has 0 bridgehead atoms. The molecule has 3 aromatic rings. The van der Waals surface area contributed by atoms with E-state index in [2.05, 4.69) is 14.7 Å². The Balaban J connectivity index is 1.56. The van der Waals surface area contributed by atoms with Crippen LogP contribution in [0.4, 0.5) is 13.2 Å². The van der Waals surface area contributed by atoms with Crippen LogP contribution in [-0.4, -0.2) is 21.8 Å². The molecule has 1 heterocycles. The number of benzene rings is 2. The van der Waals surface area contributed by atoms with Crippen LogP contribution in [0, 0.1) is 0 Å². The van der Waals surface area contributed by atoms with Gasteiger partial charge in [-0.25, -0.2) is 5.84 Å². The van der Waals surface area contributed by atoms with Gasteiger partial charge in [0.2, 0.25) is 5.82 Å². The monoisotopic (exact) mass is 405 g/mol. The molecule has 0 saturated heterocycles. The second kappa shape index (κ2) is 8.65. The van der Waals surface area contributed by atoms with E-state index in [1.54, 1.807) is 30.5 Å². The fourth-order valence-corrected chi connectivity index (χ4v) is 2.41. The maximum absolute atomic E-state index is 12.5. The molecular formula is C19H18F3N5O2. The van der Waals surface area contributed by atoms with Gasteiger partial charge in [0.25, 0.3) is 0 Å². The zero-order valence-electron chi connectivity index (χ0n) is 15.1. The highest BCUT2D eigenvalue weighted by atomic mass is 19.4. The number of para-hydroxylation sites is 1. The van der Waals surface area contributed by atoms with Gasteiger partial charge in [0.15, 0.2) is 0 Å². The third-order valence-corrected chi connectivity index (χ3v) is 3.73. The Morgan fingerprint density at radius 2 is 1.79 bits per heavy atom. The summed E-state index contributed by atoms with van der Waals surface area (Å²) in [5.41, 5.74) is 7.54. The molecule has 29 heavy (non-hydrogen) atoms. The molecule has 0 fully saturated rings. The molecular weight excluding hydrogens is 387 g/mol. The van der Waals surface area contributed by atoms with Crippen LogP contribution in [0.5, 0.6) is 5.75 Å². The Hall–Kier alpha value is -3.53. The molecule has 0 amide bonds. The number of nitrogens with zero attached hydrogens (tertiary/aromatic N) is 3. The van der Waals surface area contributed by atoms with Crippen molar-refractivity contribution in [1.29, 1.82) is 0 Å². The average molecular weight is 405 g/mol. The van der Waals surface area contributed by atoms with Crippen molar-refractivity contribution in [3.05, 3.63) is 77.9 Å². The van der Waals surface area contributed by atoms with Crippen LogP contribution in [0.15, 0.2) is 71.0 Å². The molecule has 1 aromatic heterocycles. The molecule has 0 aliphatic heterocycles. The van der Waals surface area contributed by atoms with Crippen molar-refractivity contribution in [3.63, 3.8) is 0 Å². The lowest BCUT2D eigenvalue weighted by Gasteiger charge is -2.15. The van der Waals surface area contributed by atoms with Gasteiger partial charge in [-0.3, -0.25) is 0 Å². The zero-order chi connectivity index (χ0) is 20.9. The van der Waals surface area contributed by atoms with E-state index in [0.29, 0.717) is 23.6 Å². The first-order chi connectivity index (χ1) is 13.8. The van der Waals surface area contributed by atoms with Crippen LogP contribution in [0.25, 0.3) is 11.4 Å². The highest BCUT2D eigenvalue weighted by Crippen LogP contribution is 2.29. The molecule has 0 aliphatic rings. The number of halogens is 3. The van der Waals surface area contributed by atoms with Gasteiger partial charge in [0, 0.05) is 11.8 Å². The molecule has 0 saturated carbocycles. The summed E-state index contributed by atoms with van der Waals surface area (Å²) in [7, 11) is 0. The van der Waals surface area contributed by atoms with Crippen LogP contribution in [0.3, 0.4) is 0 Å². The number of hydrogen-bond acceptors (Lipinski definition) is 7. The largest absolute Gasteiger partial charge is 0.487 e. The minimum Gasteiger partial charge on any atom is -0.487 e. The van der Waals surface area contributed by atoms with Crippen molar-refractivity contribution in [1.82, 2.24) is 15.1 Å². The lowest BCUT2D eigenvalue weighted by molar-refractivity contribution is -0.159. The third-order valence-electron chi connectivity index (χ3n) is 3.73. The molecule has 3 rings (SSSR count). The molecule has 0 unspecified atom stereocenters. The second-order valence-corrected chi connectivity index (χ2v) is 6.10. The first kappa shape index (κ1) is 20.2. The molecule has 10 heteroatoms. The molecule has 0 atom stereocenters. The Labute approximate surface area is 164 Å². The van der Waals surface area contributed by atoms with E-state index >= 15 is 0 Å². The van der Waals surface area contributed by atoms with E-state index in [-0.39, 0.29) is 12.4 Å². The van der Waals surface area contributed by atoms with Crippen LogP contribution in [-0.2, 0) is 12.7 Å². The fraction of sp³-hybridized carbons (Fsp3) is 0.158. The topological polar surface area (TPSA) is 103 Å². The van der Waals surface area contributed by atoms with Gasteiger partial charge in [-0.1, -0.05) is 47.6 Å². The first-order valence-electron chi connectivity index (χ1n) is 8.47. The number of hydrazine groups is 1. The Morgan fingerprint density at radius 3 is 2.41 bits per heavy atom. The molecule has 4 N–H and O–H groups in total.